The molecule has 1 aromatic rings. The third-order valence-electron chi connectivity index (χ3n) is 3.31. The van der Waals surface area contributed by atoms with E-state index in [-0.39, 0.29) is 12.6 Å². The normalized spacial score (nSPS) is 14.8. The number of benzene rings is 1. The Bertz CT molecular complexity index is 533. The predicted molar refractivity (Wildman–Crippen MR) is 86.6 cm³/mol. The molecule has 0 saturated heterocycles. The van der Waals surface area contributed by atoms with Gasteiger partial charge >= 0.3 is 6.03 Å². The molecule has 0 spiro atoms. The average Bonchev–Trinajstić information content (AvgIpc) is 2.90. The molecule has 1 aliphatic rings. The standard InChI is InChI=1S/C14H17BrClN3O2/c15-9-5-6-12(11(16)7-9)17-8-13(20)19-14(21)18-10-3-1-2-4-10/h5-7,10,17H,1-4,8H2,(H2,18,19,20,21). The summed E-state index contributed by atoms with van der Waals surface area (Å²) in [5.74, 6) is -0.399. The van der Waals surface area contributed by atoms with Gasteiger partial charge in [0.25, 0.3) is 0 Å². The van der Waals surface area contributed by atoms with E-state index in [1.165, 1.54) is 0 Å². The highest BCUT2D eigenvalue weighted by Crippen LogP contribution is 2.25. The number of rotatable bonds is 4. The molecule has 0 heterocycles. The van der Waals surface area contributed by atoms with Gasteiger partial charge in [-0.05, 0) is 31.0 Å². The number of imide groups is 1. The zero-order chi connectivity index (χ0) is 15.2. The molecule has 0 radical (unpaired) electrons. The summed E-state index contributed by atoms with van der Waals surface area (Å²) in [4.78, 5) is 23.3. The SMILES string of the molecule is O=C(CNc1ccc(Br)cc1Cl)NC(=O)NC1CCCC1. The molecule has 1 saturated carbocycles. The molecular formula is C14H17BrClN3O2. The monoisotopic (exact) mass is 373 g/mol. The topological polar surface area (TPSA) is 70.2 Å². The minimum Gasteiger partial charge on any atom is -0.375 e. The van der Waals surface area contributed by atoms with Crippen LogP contribution in [0.1, 0.15) is 25.7 Å². The molecule has 0 aliphatic heterocycles. The Labute approximate surface area is 136 Å². The molecule has 21 heavy (non-hydrogen) atoms. The van der Waals surface area contributed by atoms with Crippen LogP contribution in [-0.4, -0.2) is 24.5 Å². The summed E-state index contributed by atoms with van der Waals surface area (Å²) in [6, 6.07) is 5.06. The van der Waals surface area contributed by atoms with Crippen molar-refractivity contribution >= 4 is 45.2 Å². The fourth-order valence-corrected chi connectivity index (χ4v) is 3.01. The second kappa shape index (κ2) is 7.66. The number of nitrogens with one attached hydrogen (secondary N) is 3. The minimum absolute atomic E-state index is 0.0144. The number of halogens is 2. The fraction of sp³-hybridized carbons (Fsp3) is 0.429. The van der Waals surface area contributed by atoms with Crippen LogP contribution in [-0.2, 0) is 4.79 Å². The fourth-order valence-electron chi connectivity index (χ4n) is 2.27. The van der Waals surface area contributed by atoms with Crippen molar-refractivity contribution < 1.29 is 9.59 Å². The minimum atomic E-state index is -0.435. The van der Waals surface area contributed by atoms with Crippen molar-refractivity contribution in [3.05, 3.63) is 27.7 Å². The molecule has 2 rings (SSSR count). The van der Waals surface area contributed by atoms with Crippen molar-refractivity contribution in [3.8, 4) is 0 Å². The van der Waals surface area contributed by atoms with Gasteiger partial charge in [0.15, 0.2) is 0 Å². The van der Waals surface area contributed by atoms with Gasteiger partial charge in [-0.1, -0.05) is 40.4 Å². The van der Waals surface area contributed by atoms with Crippen LogP contribution < -0.4 is 16.0 Å². The zero-order valence-corrected chi connectivity index (χ0v) is 13.8. The average molecular weight is 375 g/mol. The van der Waals surface area contributed by atoms with Gasteiger partial charge in [-0.2, -0.15) is 0 Å². The van der Waals surface area contributed by atoms with Gasteiger partial charge in [-0.15, -0.1) is 0 Å². The molecule has 0 bridgehead atoms. The maximum absolute atomic E-state index is 11.7. The highest BCUT2D eigenvalue weighted by atomic mass is 79.9. The molecule has 1 aromatic carbocycles. The van der Waals surface area contributed by atoms with Crippen molar-refractivity contribution in [1.82, 2.24) is 10.6 Å². The lowest BCUT2D eigenvalue weighted by molar-refractivity contribution is -0.118. The Morgan fingerprint density at radius 1 is 1.29 bits per heavy atom. The number of hydrogen-bond acceptors (Lipinski definition) is 3. The number of carbonyl (C=O) groups excluding carboxylic acids is 2. The van der Waals surface area contributed by atoms with Crippen molar-refractivity contribution in [2.45, 2.75) is 31.7 Å². The highest BCUT2D eigenvalue weighted by molar-refractivity contribution is 9.10. The Morgan fingerprint density at radius 2 is 2.00 bits per heavy atom. The number of carbonyl (C=O) groups is 2. The van der Waals surface area contributed by atoms with Gasteiger partial charge in [0.1, 0.15) is 0 Å². The molecule has 5 nitrogen and oxygen atoms in total. The smallest absolute Gasteiger partial charge is 0.321 e. The van der Waals surface area contributed by atoms with Crippen LogP contribution >= 0.6 is 27.5 Å². The summed E-state index contributed by atoms with van der Waals surface area (Å²) in [7, 11) is 0. The van der Waals surface area contributed by atoms with Gasteiger partial charge in [-0.3, -0.25) is 10.1 Å². The molecule has 0 unspecified atom stereocenters. The predicted octanol–water partition coefficient (Wildman–Crippen LogP) is 3.28. The number of hydrogen-bond donors (Lipinski definition) is 3. The largest absolute Gasteiger partial charge is 0.375 e. The van der Waals surface area contributed by atoms with Crippen molar-refractivity contribution in [3.63, 3.8) is 0 Å². The number of urea groups is 1. The van der Waals surface area contributed by atoms with E-state index in [1.807, 2.05) is 6.07 Å². The van der Waals surface area contributed by atoms with Crippen molar-refractivity contribution in [2.75, 3.05) is 11.9 Å². The maximum atomic E-state index is 11.7. The molecule has 1 aliphatic carbocycles. The van der Waals surface area contributed by atoms with E-state index >= 15 is 0 Å². The molecule has 0 aromatic heterocycles. The first kappa shape index (κ1) is 16.1. The summed E-state index contributed by atoms with van der Waals surface area (Å²) in [5, 5.41) is 8.50. The maximum Gasteiger partial charge on any atom is 0.321 e. The molecule has 114 valence electrons. The van der Waals surface area contributed by atoms with Crippen molar-refractivity contribution in [1.29, 1.82) is 0 Å². The molecule has 0 atom stereocenters. The van der Waals surface area contributed by atoms with E-state index in [2.05, 4.69) is 31.9 Å². The van der Waals surface area contributed by atoms with Crippen LogP contribution in [0.25, 0.3) is 0 Å². The zero-order valence-electron chi connectivity index (χ0n) is 11.4. The van der Waals surface area contributed by atoms with Gasteiger partial charge in [0.2, 0.25) is 5.91 Å². The lowest BCUT2D eigenvalue weighted by Crippen LogP contribution is -2.45. The molecule has 7 heteroatoms. The van der Waals surface area contributed by atoms with Gasteiger partial charge in [0, 0.05) is 10.5 Å². The summed E-state index contributed by atoms with van der Waals surface area (Å²) in [6.45, 7) is -0.0144. The van der Waals surface area contributed by atoms with Crippen LogP contribution in [0, 0.1) is 0 Å². The highest BCUT2D eigenvalue weighted by Gasteiger charge is 2.18. The first-order valence-electron chi connectivity index (χ1n) is 6.84. The number of amides is 3. The van der Waals surface area contributed by atoms with E-state index in [1.54, 1.807) is 12.1 Å². The second-order valence-corrected chi connectivity index (χ2v) is 6.30. The lowest BCUT2D eigenvalue weighted by Gasteiger charge is -2.13. The van der Waals surface area contributed by atoms with E-state index in [0.717, 1.165) is 30.2 Å². The number of anilines is 1. The summed E-state index contributed by atoms with van der Waals surface area (Å²) >= 11 is 9.33. The third-order valence-corrected chi connectivity index (χ3v) is 4.12. The van der Waals surface area contributed by atoms with E-state index in [4.69, 9.17) is 11.6 Å². The Balaban J connectivity index is 1.75. The van der Waals surface area contributed by atoms with Crippen LogP contribution in [0.3, 0.4) is 0 Å². The van der Waals surface area contributed by atoms with E-state index in [9.17, 15) is 9.59 Å². The molecule has 3 N–H and O–H groups in total. The lowest BCUT2D eigenvalue weighted by atomic mass is 10.2. The van der Waals surface area contributed by atoms with Gasteiger partial charge < -0.3 is 10.6 Å². The second-order valence-electron chi connectivity index (χ2n) is 4.98. The van der Waals surface area contributed by atoms with Crippen molar-refractivity contribution in [2.24, 2.45) is 0 Å². The quantitative estimate of drug-likeness (QED) is 0.757. The molecule has 3 amide bonds. The van der Waals surface area contributed by atoms with Gasteiger partial charge in [-0.25, -0.2) is 4.79 Å². The Morgan fingerprint density at radius 3 is 2.67 bits per heavy atom. The molecule has 1 fully saturated rings. The summed E-state index contributed by atoms with van der Waals surface area (Å²) in [5.41, 5.74) is 0.645. The first-order chi connectivity index (χ1) is 10.0. The van der Waals surface area contributed by atoms with Gasteiger partial charge in [0.05, 0.1) is 17.3 Å². The van der Waals surface area contributed by atoms with Crippen LogP contribution in [0.2, 0.25) is 5.02 Å². The van der Waals surface area contributed by atoms with Crippen LogP contribution in [0.5, 0.6) is 0 Å². The first-order valence-corrected chi connectivity index (χ1v) is 8.01. The Kier molecular flexibility index (Phi) is 5.87. The Hall–Kier alpha value is -1.27. The summed E-state index contributed by atoms with van der Waals surface area (Å²) < 4.78 is 0.860. The van der Waals surface area contributed by atoms with Crippen LogP contribution in [0.4, 0.5) is 10.5 Å². The van der Waals surface area contributed by atoms with E-state index < -0.39 is 11.9 Å². The van der Waals surface area contributed by atoms with E-state index in [0.29, 0.717) is 10.7 Å². The third kappa shape index (κ3) is 5.21. The summed E-state index contributed by atoms with van der Waals surface area (Å²) in [6.07, 6.45) is 4.22. The molecular weight excluding hydrogens is 358 g/mol. The van der Waals surface area contributed by atoms with Crippen LogP contribution in [0.15, 0.2) is 22.7 Å².